The van der Waals surface area contributed by atoms with Gasteiger partial charge in [-0.1, -0.05) is 12.2 Å². The molecule has 0 spiro atoms. The summed E-state index contributed by atoms with van der Waals surface area (Å²) in [5.41, 5.74) is -0.703. The van der Waals surface area contributed by atoms with Crippen molar-refractivity contribution in [1.29, 1.82) is 0 Å². The topological polar surface area (TPSA) is 102 Å². The molecule has 0 bridgehead atoms. The summed E-state index contributed by atoms with van der Waals surface area (Å²) in [5, 5.41) is 8.80. The van der Waals surface area contributed by atoms with Gasteiger partial charge in [0.05, 0.1) is 5.69 Å². The van der Waals surface area contributed by atoms with Crippen LogP contribution in [0.5, 0.6) is 5.75 Å². The van der Waals surface area contributed by atoms with Gasteiger partial charge in [-0.3, -0.25) is 14.5 Å². The average Bonchev–Trinajstić information content (AvgIpc) is 2.89. The highest BCUT2D eigenvalue weighted by molar-refractivity contribution is 5.97. The van der Waals surface area contributed by atoms with Crippen LogP contribution < -0.4 is 9.64 Å². The van der Waals surface area contributed by atoms with Crippen LogP contribution in [-0.2, 0) is 23.9 Å². The van der Waals surface area contributed by atoms with Gasteiger partial charge in [-0.15, -0.1) is 0 Å². The van der Waals surface area contributed by atoms with E-state index in [1.165, 1.54) is 19.1 Å². The summed E-state index contributed by atoms with van der Waals surface area (Å²) in [6.07, 6.45) is 6.85. The van der Waals surface area contributed by atoms with Crippen LogP contribution in [0.1, 0.15) is 34.1 Å². The van der Waals surface area contributed by atoms with Crippen LogP contribution in [-0.4, -0.2) is 41.7 Å². The number of carbonyl (C=O) groups excluding carboxylic acids is 2. The summed E-state index contributed by atoms with van der Waals surface area (Å²) in [5.74, 6) is -2.17. The lowest BCUT2D eigenvalue weighted by molar-refractivity contribution is -0.153. The number of halogens is 1. The standard InChI is InChI=1S/C23H26FNO7/c1-15(26)25(13-22(29)32-23(2,3)4)19-11-16(24)9-10-20(19)31-18-8-6-5-7-17(12-18)30-14-21(27)28/h5-7,9-12H,8,13-14H2,1-4H3,(H,27,28). The van der Waals surface area contributed by atoms with Gasteiger partial charge in [0.2, 0.25) is 5.91 Å². The van der Waals surface area contributed by atoms with E-state index in [1.54, 1.807) is 39.0 Å². The minimum Gasteiger partial charge on any atom is -0.482 e. The number of carbonyl (C=O) groups is 3. The normalized spacial score (nSPS) is 13.4. The lowest BCUT2D eigenvalue weighted by Crippen LogP contribution is -2.38. The number of esters is 1. The van der Waals surface area contributed by atoms with Crippen molar-refractivity contribution in [1.82, 2.24) is 0 Å². The molecule has 0 heterocycles. The molecule has 0 aliphatic heterocycles. The zero-order valence-electron chi connectivity index (χ0n) is 18.4. The number of benzene rings is 1. The number of allylic oxidation sites excluding steroid dienone is 4. The molecule has 8 nitrogen and oxygen atoms in total. The number of carboxylic acids is 1. The molecule has 32 heavy (non-hydrogen) atoms. The van der Waals surface area contributed by atoms with E-state index in [2.05, 4.69) is 0 Å². The molecule has 0 aromatic heterocycles. The lowest BCUT2D eigenvalue weighted by Gasteiger charge is -2.26. The number of hydrogen-bond acceptors (Lipinski definition) is 6. The van der Waals surface area contributed by atoms with Crippen LogP contribution in [0.3, 0.4) is 0 Å². The van der Waals surface area contributed by atoms with Crippen LogP contribution in [0.4, 0.5) is 10.1 Å². The maximum atomic E-state index is 14.0. The van der Waals surface area contributed by atoms with Crippen LogP contribution >= 0.6 is 0 Å². The molecule has 0 saturated heterocycles. The molecule has 1 aromatic rings. The van der Waals surface area contributed by atoms with Crippen molar-refractivity contribution in [2.24, 2.45) is 0 Å². The van der Waals surface area contributed by atoms with E-state index in [9.17, 15) is 18.8 Å². The Kier molecular flexibility index (Phi) is 8.17. The zero-order chi connectivity index (χ0) is 23.9. The quantitative estimate of drug-likeness (QED) is 0.606. The number of amides is 1. The number of hydrogen-bond donors (Lipinski definition) is 1. The van der Waals surface area contributed by atoms with Gasteiger partial charge in [-0.05, 0) is 39.0 Å². The minimum atomic E-state index is -1.13. The third-order valence-corrected chi connectivity index (χ3v) is 3.92. The minimum absolute atomic E-state index is 0.0504. The molecule has 0 unspecified atom stereocenters. The van der Waals surface area contributed by atoms with Crippen molar-refractivity contribution in [3.63, 3.8) is 0 Å². The monoisotopic (exact) mass is 447 g/mol. The number of ether oxygens (including phenoxy) is 3. The Hall–Kier alpha value is -3.62. The van der Waals surface area contributed by atoms with Gasteiger partial charge >= 0.3 is 11.9 Å². The van der Waals surface area contributed by atoms with Gasteiger partial charge < -0.3 is 19.3 Å². The van der Waals surface area contributed by atoms with Crippen molar-refractivity contribution in [3.8, 4) is 5.75 Å². The van der Waals surface area contributed by atoms with Gasteiger partial charge in [0, 0.05) is 25.5 Å². The van der Waals surface area contributed by atoms with Gasteiger partial charge in [0.15, 0.2) is 12.4 Å². The largest absolute Gasteiger partial charge is 0.482 e. The highest BCUT2D eigenvalue weighted by Crippen LogP contribution is 2.32. The second-order valence-electron chi connectivity index (χ2n) is 7.90. The fourth-order valence-electron chi connectivity index (χ4n) is 2.72. The van der Waals surface area contributed by atoms with Gasteiger partial charge in [0.25, 0.3) is 0 Å². The number of anilines is 1. The molecule has 1 aliphatic carbocycles. The van der Waals surface area contributed by atoms with Gasteiger partial charge in [-0.25, -0.2) is 9.18 Å². The van der Waals surface area contributed by atoms with E-state index in [0.717, 1.165) is 17.0 Å². The first-order chi connectivity index (χ1) is 14.9. The van der Waals surface area contributed by atoms with Crippen LogP contribution in [0.2, 0.25) is 0 Å². The lowest BCUT2D eigenvalue weighted by atomic mass is 10.2. The van der Waals surface area contributed by atoms with Crippen molar-refractivity contribution in [2.75, 3.05) is 18.1 Å². The Labute approximate surface area is 185 Å². The Morgan fingerprint density at radius 2 is 1.94 bits per heavy atom. The van der Waals surface area contributed by atoms with E-state index in [4.69, 9.17) is 19.3 Å². The van der Waals surface area contributed by atoms with Gasteiger partial charge in [-0.2, -0.15) is 0 Å². The number of aliphatic carboxylic acids is 1. The Morgan fingerprint density at radius 3 is 2.56 bits per heavy atom. The predicted molar refractivity (Wildman–Crippen MR) is 114 cm³/mol. The summed E-state index contributed by atoms with van der Waals surface area (Å²) < 4.78 is 30.4. The predicted octanol–water partition coefficient (Wildman–Crippen LogP) is 3.73. The molecule has 0 fully saturated rings. The van der Waals surface area contributed by atoms with Gasteiger partial charge in [0.1, 0.15) is 29.5 Å². The summed E-state index contributed by atoms with van der Waals surface area (Å²) in [6.45, 7) is 5.38. The summed E-state index contributed by atoms with van der Waals surface area (Å²) in [7, 11) is 0. The third kappa shape index (κ3) is 7.90. The molecule has 1 aromatic carbocycles. The van der Waals surface area contributed by atoms with Crippen LogP contribution in [0.15, 0.2) is 54.0 Å². The maximum Gasteiger partial charge on any atom is 0.341 e. The van der Waals surface area contributed by atoms with E-state index in [0.29, 0.717) is 12.2 Å². The highest BCUT2D eigenvalue weighted by atomic mass is 19.1. The molecule has 0 radical (unpaired) electrons. The van der Waals surface area contributed by atoms with E-state index >= 15 is 0 Å². The second-order valence-corrected chi connectivity index (χ2v) is 7.90. The first kappa shape index (κ1) is 24.6. The average molecular weight is 447 g/mol. The summed E-state index contributed by atoms with van der Waals surface area (Å²) >= 11 is 0. The first-order valence-corrected chi connectivity index (χ1v) is 9.84. The number of rotatable bonds is 8. The molecular formula is C23H26FNO7. The molecule has 0 atom stereocenters. The zero-order valence-corrected chi connectivity index (χ0v) is 18.4. The SMILES string of the molecule is CC(=O)N(CC(=O)OC(C)(C)C)c1cc(F)ccc1OC1=CC(OCC(=O)O)=CC=CC1. The van der Waals surface area contributed by atoms with Crippen molar-refractivity contribution < 1.29 is 38.1 Å². The van der Waals surface area contributed by atoms with Crippen LogP contribution in [0, 0.1) is 5.82 Å². The van der Waals surface area contributed by atoms with E-state index in [1.807, 2.05) is 0 Å². The smallest absolute Gasteiger partial charge is 0.341 e. The second kappa shape index (κ2) is 10.6. The Morgan fingerprint density at radius 1 is 1.22 bits per heavy atom. The summed E-state index contributed by atoms with van der Waals surface area (Å²) in [4.78, 5) is 36.4. The number of nitrogens with zero attached hydrogens (tertiary/aromatic N) is 1. The molecule has 1 N–H and O–H groups in total. The fraction of sp³-hybridized carbons (Fsp3) is 0.348. The summed E-state index contributed by atoms with van der Waals surface area (Å²) in [6, 6.07) is 3.59. The third-order valence-electron chi connectivity index (χ3n) is 3.92. The molecule has 9 heteroatoms. The highest BCUT2D eigenvalue weighted by Gasteiger charge is 2.24. The van der Waals surface area contributed by atoms with Crippen molar-refractivity contribution in [3.05, 3.63) is 59.8 Å². The van der Waals surface area contributed by atoms with Crippen LogP contribution in [0.25, 0.3) is 0 Å². The Balaban J connectivity index is 2.32. The molecule has 172 valence electrons. The first-order valence-electron chi connectivity index (χ1n) is 9.84. The van der Waals surface area contributed by atoms with Crippen molar-refractivity contribution in [2.45, 2.75) is 39.7 Å². The molecular weight excluding hydrogens is 421 g/mol. The molecule has 2 rings (SSSR count). The Bertz CT molecular complexity index is 973. The van der Waals surface area contributed by atoms with E-state index in [-0.39, 0.29) is 17.2 Å². The van der Waals surface area contributed by atoms with E-state index < -0.39 is 42.4 Å². The number of carboxylic acid groups (broad SMARTS) is 1. The molecule has 0 saturated carbocycles. The van der Waals surface area contributed by atoms with Crippen molar-refractivity contribution >= 4 is 23.5 Å². The molecule has 1 amide bonds. The fourth-order valence-corrected chi connectivity index (χ4v) is 2.72. The maximum absolute atomic E-state index is 14.0. The molecule has 1 aliphatic rings.